The fourth-order valence-corrected chi connectivity index (χ4v) is 3.10. The van der Waals surface area contributed by atoms with Gasteiger partial charge in [-0.3, -0.25) is 4.68 Å². The maximum absolute atomic E-state index is 12.6. The molecule has 1 aromatic carbocycles. The van der Waals surface area contributed by atoms with E-state index < -0.39 is 12.8 Å². The first-order valence-electron chi connectivity index (χ1n) is 8.60. The molecule has 0 bridgehead atoms. The molecule has 0 saturated carbocycles. The molecule has 0 saturated heterocycles. The van der Waals surface area contributed by atoms with Gasteiger partial charge in [-0.15, -0.1) is 0 Å². The van der Waals surface area contributed by atoms with E-state index in [1.807, 2.05) is 6.07 Å². The van der Waals surface area contributed by atoms with E-state index in [9.17, 15) is 13.2 Å². The Morgan fingerprint density at radius 3 is 2.59 bits per heavy atom. The van der Waals surface area contributed by atoms with Crippen LogP contribution < -0.4 is 4.74 Å². The van der Waals surface area contributed by atoms with Crippen LogP contribution in [-0.4, -0.2) is 32.5 Å². The second kappa shape index (κ2) is 7.71. The number of fused-ring (bicyclic) bond motifs is 1. The lowest BCUT2D eigenvalue weighted by molar-refractivity contribution is -0.154. The number of hydrogen-bond acceptors (Lipinski definition) is 4. The smallest absolute Gasteiger partial charge is 0.422 e. The highest BCUT2D eigenvalue weighted by Crippen LogP contribution is 2.30. The highest BCUT2D eigenvalue weighted by molar-refractivity contribution is 6.34. The summed E-state index contributed by atoms with van der Waals surface area (Å²) >= 11 is 6.09. The van der Waals surface area contributed by atoms with Crippen molar-refractivity contribution >= 4 is 22.5 Å². The van der Waals surface area contributed by atoms with Gasteiger partial charge in [0.2, 0.25) is 5.88 Å². The van der Waals surface area contributed by atoms with Crippen LogP contribution in [0.25, 0.3) is 22.0 Å². The lowest BCUT2D eigenvalue weighted by Crippen LogP contribution is -2.20. The van der Waals surface area contributed by atoms with Crippen LogP contribution >= 0.6 is 11.6 Å². The number of benzene rings is 1. The highest BCUT2D eigenvalue weighted by atomic mass is 35.5. The monoisotopic (exact) mass is 418 g/mol. The minimum atomic E-state index is -4.45. The summed E-state index contributed by atoms with van der Waals surface area (Å²) in [5.41, 5.74) is 2.63. The van der Waals surface area contributed by atoms with Gasteiger partial charge in [-0.1, -0.05) is 41.9 Å². The molecular weight excluding hydrogens is 405 g/mol. The van der Waals surface area contributed by atoms with Gasteiger partial charge < -0.3 is 4.74 Å². The number of pyridine rings is 2. The molecule has 0 aliphatic heterocycles. The van der Waals surface area contributed by atoms with Gasteiger partial charge in [-0.05, 0) is 23.3 Å². The number of hydrogen-bond donors (Lipinski definition) is 0. The Balaban J connectivity index is 1.67. The SMILES string of the molecule is FC(F)(F)COc1ncc(Cn2cc3c(Cl)nccc3n2)cc1-c1ccccc1. The van der Waals surface area contributed by atoms with Gasteiger partial charge in [-0.25, -0.2) is 9.97 Å². The van der Waals surface area contributed by atoms with Gasteiger partial charge in [0.25, 0.3) is 0 Å². The minimum absolute atomic E-state index is 0.0739. The predicted molar refractivity (Wildman–Crippen MR) is 103 cm³/mol. The van der Waals surface area contributed by atoms with Crippen molar-refractivity contribution in [3.05, 3.63) is 71.8 Å². The summed E-state index contributed by atoms with van der Waals surface area (Å²) in [4.78, 5) is 8.15. The number of halogens is 4. The van der Waals surface area contributed by atoms with Crippen molar-refractivity contribution in [1.29, 1.82) is 0 Å². The van der Waals surface area contributed by atoms with E-state index in [-0.39, 0.29) is 5.88 Å². The molecule has 3 aromatic heterocycles. The Labute approximate surface area is 168 Å². The van der Waals surface area contributed by atoms with Gasteiger partial charge in [0.1, 0.15) is 5.15 Å². The molecule has 4 rings (SSSR count). The van der Waals surface area contributed by atoms with Crippen LogP contribution in [0, 0.1) is 0 Å². The quantitative estimate of drug-likeness (QED) is 0.421. The van der Waals surface area contributed by atoms with Crippen LogP contribution in [0.4, 0.5) is 13.2 Å². The molecule has 9 heteroatoms. The van der Waals surface area contributed by atoms with Crippen molar-refractivity contribution in [1.82, 2.24) is 19.7 Å². The molecule has 0 amide bonds. The summed E-state index contributed by atoms with van der Waals surface area (Å²) in [5.74, 6) is -0.0739. The lowest BCUT2D eigenvalue weighted by Gasteiger charge is -2.14. The van der Waals surface area contributed by atoms with Crippen LogP contribution in [0.3, 0.4) is 0 Å². The molecule has 148 valence electrons. The third kappa shape index (κ3) is 4.48. The van der Waals surface area contributed by atoms with E-state index in [0.29, 0.717) is 28.3 Å². The zero-order chi connectivity index (χ0) is 20.4. The fraction of sp³-hybridized carbons (Fsp3) is 0.150. The number of aromatic nitrogens is 4. The molecule has 4 aromatic rings. The van der Waals surface area contributed by atoms with Crippen LogP contribution in [0.1, 0.15) is 5.56 Å². The second-order valence-corrected chi connectivity index (χ2v) is 6.69. The first kappa shape index (κ1) is 19.2. The van der Waals surface area contributed by atoms with Crippen LogP contribution in [-0.2, 0) is 6.54 Å². The maximum atomic E-state index is 12.6. The Morgan fingerprint density at radius 1 is 1.07 bits per heavy atom. The third-order valence-corrected chi connectivity index (χ3v) is 4.44. The molecule has 3 heterocycles. The summed E-state index contributed by atoms with van der Waals surface area (Å²) in [5, 5.41) is 5.52. The standard InChI is InChI=1S/C20H14ClF3N4O/c21-18-16-11-28(27-17(16)6-7-25-18)10-13-8-15(14-4-2-1-3-5-14)19(26-9-13)29-12-20(22,23)24/h1-9,11H,10,12H2. The molecule has 0 radical (unpaired) electrons. The van der Waals surface area contributed by atoms with E-state index in [1.54, 1.807) is 53.5 Å². The zero-order valence-corrected chi connectivity index (χ0v) is 15.7. The Kier molecular flexibility index (Phi) is 5.10. The first-order chi connectivity index (χ1) is 13.9. The summed E-state index contributed by atoms with van der Waals surface area (Å²) < 4.78 is 44.4. The van der Waals surface area contributed by atoms with Crippen molar-refractivity contribution in [2.45, 2.75) is 12.7 Å². The molecule has 0 aliphatic rings. The normalized spacial score (nSPS) is 11.7. The van der Waals surface area contributed by atoms with Crippen molar-refractivity contribution in [2.24, 2.45) is 0 Å². The van der Waals surface area contributed by atoms with Crippen LogP contribution in [0.5, 0.6) is 5.88 Å². The molecule has 0 spiro atoms. The van der Waals surface area contributed by atoms with Crippen LogP contribution in [0.15, 0.2) is 61.1 Å². The summed E-state index contributed by atoms with van der Waals surface area (Å²) in [6.07, 6.45) is 0.367. The number of rotatable bonds is 5. The Hall–Kier alpha value is -3.13. The number of alkyl halides is 3. The van der Waals surface area contributed by atoms with E-state index in [2.05, 4.69) is 15.1 Å². The predicted octanol–water partition coefficient (Wildman–Crippen LogP) is 5.14. The lowest BCUT2D eigenvalue weighted by atomic mass is 10.1. The summed E-state index contributed by atoms with van der Waals surface area (Å²) in [6.45, 7) is -1.05. The molecule has 0 aliphatic carbocycles. The Bertz CT molecular complexity index is 1150. The van der Waals surface area contributed by atoms with Crippen LogP contribution in [0.2, 0.25) is 5.15 Å². The maximum Gasteiger partial charge on any atom is 0.422 e. The van der Waals surface area contributed by atoms with Gasteiger partial charge in [0.15, 0.2) is 6.61 Å². The molecule has 0 fully saturated rings. The largest absolute Gasteiger partial charge is 0.468 e. The third-order valence-electron chi connectivity index (χ3n) is 4.14. The van der Waals surface area contributed by atoms with Crippen molar-refractivity contribution < 1.29 is 17.9 Å². The molecule has 0 atom stereocenters. The number of ether oxygens (including phenoxy) is 1. The van der Waals surface area contributed by atoms with Gasteiger partial charge in [0, 0.05) is 24.2 Å². The molecule has 29 heavy (non-hydrogen) atoms. The minimum Gasteiger partial charge on any atom is -0.468 e. The van der Waals surface area contributed by atoms with E-state index in [1.165, 1.54) is 6.20 Å². The van der Waals surface area contributed by atoms with Gasteiger partial charge in [-0.2, -0.15) is 18.3 Å². The molecular formula is C20H14ClF3N4O. The van der Waals surface area contributed by atoms with Crippen molar-refractivity contribution in [2.75, 3.05) is 6.61 Å². The zero-order valence-electron chi connectivity index (χ0n) is 14.9. The van der Waals surface area contributed by atoms with E-state index >= 15 is 0 Å². The highest BCUT2D eigenvalue weighted by Gasteiger charge is 2.29. The van der Waals surface area contributed by atoms with Crippen molar-refractivity contribution in [3.8, 4) is 17.0 Å². The van der Waals surface area contributed by atoms with E-state index in [4.69, 9.17) is 16.3 Å². The summed E-state index contributed by atoms with van der Waals surface area (Å²) in [7, 11) is 0. The fourth-order valence-electron chi connectivity index (χ4n) is 2.90. The first-order valence-corrected chi connectivity index (χ1v) is 8.98. The van der Waals surface area contributed by atoms with E-state index in [0.717, 1.165) is 10.9 Å². The van der Waals surface area contributed by atoms with Gasteiger partial charge >= 0.3 is 6.18 Å². The van der Waals surface area contributed by atoms with Crippen molar-refractivity contribution in [3.63, 3.8) is 0 Å². The molecule has 0 N–H and O–H groups in total. The van der Waals surface area contributed by atoms with Gasteiger partial charge in [0.05, 0.1) is 17.4 Å². The molecule has 0 unspecified atom stereocenters. The average molecular weight is 419 g/mol. The average Bonchev–Trinajstić information content (AvgIpc) is 3.11. The topological polar surface area (TPSA) is 52.8 Å². The second-order valence-electron chi connectivity index (χ2n) is 6.33. The number of nitrogens with zero attached hydrogens (tertiary/aromatic N) is 4. The molecule has 5 nitrogen and oxygen atoms in total. The summed E-state index contributed by atoms with van der Waals surface area (Å²) in [6, 6.07) is 12.5. The Morgan fingerprint density at radius 2 is 1.86 bits per heavy atom.